The van der Waals surface area contributed by atoms with Crippen LogP contribution >= 0.6 is 0 Å². The van der Waals surface area contributed by atoms with Crippen molar-refractivity contribution < 1.29 is 14.9 Å². The van der Waals surface area contributed by atoms with E-state index in [1.165, 1.54) is 0 Å². The van der Waals surface area contributed by atoms with Crippen LogP contribution in [0.15, 0.2) is 24.3 Å². The number of carbonyl (C=O) groups is 1. The maximum atomic E-state index is 10.3. The summed E-state index contributed by atoms with van der Waals surface area (Å²) in [6, 6.07) is 6.75. The van der Waals surface area contributed by atoms with Crippen LogP contribution in [0.1, 0.15) is 5.56 Å². The molecule has 0 bridgehead atoms. The van der Waals surface area contributed by atoms with E-state index in [2.05, 4.69) is 0 Å². The second-order valence-electron chi connectivity index (χ2n) is 2.44. The molecule has 3 nitrogen and oxygen atoms in total. The molecule has 1 radical (unpaired) electrons. The molecule has 0 saturated heterocycles. The topological polar surface area (TPSA) is 57.5 Å². The Morgan fingerprint density at radius 2 is 2.25 bits per heavy atom. The van der Waals surface area contributed by atoms with E-state index in [1.54, 1.807) is 24.3 Å². The van der Waals surface area contributed by atoms with Gasteiger partial charge in [-0.05, 0) is 5.56 Å². The molecule has 0 spiro atoms. The molecule has 1 rings (SSSR count). The van der Waals surface area contributed by atoms with E-state index in [9.17, 15) is 4.79 Å². The van der Waals surface area contributed by atoms with E-state index >= 15 is 0 Å². The molecular formula is C8H8BO3. The van der Waals surface area contributed by atoms with Gasteiger partial charge in [0, 0.05) is 0 Å². The van der Waals surface area contributed by atoms with Crippen LogP contribution in [0.3, 0.4) is 0 Å². The number of benzene rings is 1. The molecule has 0 amide bonds. The van der Waals surface area contributed by atoms with Crippen molar-refractivity contribution in [2.24, 2.45) is 0 Å². The zero-order valence-corrected chi connectivity index (χ0v) is 6.40. The highest BCUT2D eigenvalue weighted by molar-refractivity contribution is 6.45. The van der Waals surface area contributed by atoms with E-state index in [0.717, 1.165) is 7.48 Å². The van der Waals surface area contributed by atoms with Gasteiger partial charge < -0.3 is 10.1 Å². The summed E-state index contributed by atoms with van der Waals surface area (Å²) in [4.78, 5) is 10.3. The van der Waals surface area contributed by atoms with Crippen molar-refractivity contribution in [1.29, 1.82) is 0 Å². The molecule has 0 atom stereocenters. The zero-order valence-electron chi connectivity index (χ0n) is 6.40. The fourth-order valence-electron chi connectivity index (χ4n) is 0.958. The molecule has 0 aliphatic rings. The van der Waals surface area contributed by atoms with Crippen molar-refractivity contribution in [1.82, 2.24) is 0 Å². The molecule has 0 fully saturated rings. The molecule has 0 aliphatic heterocycles. The SMILES string of the molecule is O=C(O)Cc1cccc([B]O)c1. The van der Waals surface area contributed by atoms with E-state index in [-0.39, 0.29) is 6.42 Å². The van der Waals surface area contributed by atoms with Crippen LogP contribution < -0.4 is 5.46 Å². The first-order chi connectivity index (χ1) is 5.72. The fraction of sp³-hybridized carbons (Fsp3) is 0.125. The summed E-state index contributed by atoms with van der Waals surface area (Å²) < 4.78 is 0. The lowest BCUT2D eigenvalue weighted by Crippen LogP contribution is -2.14. The first-order valence-corrected chi connectivity index (χ1v) is 3.50. The van der Waals surface area contributed by atoms with Gasteiger partial charge >= 0.3 is 13.5 Å². The second kappa shape index (κ2) is 3.92. The van der Waals surface area contributed by atoms with Crippen molar-refractivity contribution in [3.8, 4) is 0 Å². The highest BCUT2D eigenvalue weighted by Crippen LogP contribution is 1.97. The van der Waals surface area contributed by atoms with Crippen molar-refractivity contribution in [2.45, 2.75) is 6.42 Å². The van der Waals surface area contributed by atoms with Gasteiger partial charge in [-0.15, -0.1) is 0 Å². The van der Waals surface area contributed by atoms with Gasteiger partial charge in [-0.25, -0.2) is 0 Å². The van der Waals surface area contributed by atoms with Crippen LogP contribution in [-0.2, 0) is 11.2 Å². The normalized spacial score (nSPS) is 9.42. The standard InChI is InChI=1S/C8H8BO3/c10-8(11)5-6-2-1-3-7(4-6)9-12/h1-4,12H,5H2,(H,10,11). The summed E-state index contributed by atoms with van der Waals surface area (Å²) in [6.07, 6.45) is -0.0122. The summed E-state index contributed by atoms with van der Waals surface area (Å²) in [5.74, 6) is -0.870. The van der Waals surface area contributed by atoms with Crippen LogP contribution in [0.5, 0.6) is 0 Å². The maximum absolute atomic E-state index is 10.3. The maximum Gasteiger partial charge on any atom is 0.326 e. The Hall–Kier alpha value is -1.29. The van der Waals surface area contributed by atoms with Crippen molar-refractivity contribution in [3.63, 3.8) is 0 Å². The summed E-state index contributed by atoms with van der Waals surface area (Å²) in [5, 5.41) is 17.1. The van der Waals surface area contributed by atoms with E-state index < -0.39 is 5.97 Å². The molecule has 1 aromatic rings. The van der Waals surface area contributed by atoms with Crippen LogP contribution in [0, 0.1) is 0 Å². The Bertz CT molecular complexity index is 285. The van der Waals surface area contributed by atoms with Crippen LogP contribution in [0.2, 0.25) is 0 Å². The lowest BCUT2D eigenvalue weighted by molar-refractivity contribution is -0.136. The summed E-state index contributed by atoms with van der Waals surface area (Å²) in [7, 11) is 0.950. The van der Waals surface area contributed by atoms with Crippen molar-refractivity contribution in [3.05, 3.63) is 29.8 Å². The van der Waals surface area contributed by atoms with Gasteiger partial charge in [0.1, 0.15) is 0 Å². The average Bonchev–Trinajstić information content (AvgIpc) is 2.03. The highest BCUT2D eigenvalue weighted by atomic mass is 16.4. The van der Waals surface area contributed by atoms with Gasteiger partial charge in [0.2, 0.25) is 0 Å². The molecule has 1 aromatic carbocycles. The van der Waals surface area contributed by atoms with Gasteiger partial charge in [-0.2, -0.15) is 0 Å². The Labute approximate surface area is 70.9 Å². The van der Waals surface area contributed by atoms with E-state index in [4.69, 9.17) is 10.1 Å². The lowest BCUT2D eigenvalue weighted by atomic mass is 9.87. The average molecular weight is 163 g/mol. The predicted molar refractivity (Wildman–Crippen MR) is 45.4 cm³/mol. The monoisotopic (exact) mass is 163 g/mol. The molecular weight excluding hydrogens is 155 g/mol. The fourth-order valence-corrected chi connectivity index (χ4v) is 0.958. The smallest absolute Gasteiger partial charge is 0.326 e. The zero-order chi connectivity index (χ0) is 8.97. The largest absolute Gasteiger partial charge is 0.481 e. The molecule has 61 valence electrons. The van der Waals surface area contributed by atoms with Gasteiger partial charge in [-0.1, -0.05) is 29.7 Å². The quantitative estimate of drug-likeness (QED) is 0.593. The van der Waals surface area contributed by atoms with Crippen LogP contribution in [0.25, 0.3) is 0 Å². The molecule has 0 aliphatic carbocycles. The molecule has 0 heterocycles. The third-order valence-corrected chi connectivity index (χ3v) is 1.46. The molecule has 0 unspecified atom stereocenters. The van der Waals surface area contributed by atoms with Crippen LogP contribution in [-0.4, -0.2) is 23.6 Å². The Morgan fingerprint density at radius 3 is 2.83 bits per heavy atom. The first-order valence-electron chi connectivity index (χ1n) is 3.50. The Morgan fingerprint density at radius 1 is 1.50 bits per heavy atom. The number of rotatable bonds is 3. The van der Waals surface area contributed by atoms with Gasteiger partial charge in [0.05, 0.1) is 6.42 Å². The van der Waals surface area contributed by atoms with Crippen molar-refractivity contribution in [2.75, 3.05) is 0 Å². The van der Waals surface area contributed by atoms with Crippen LogP contribution in [0.4, 0.5) is 0 Å². The summed E-state index contributed by atoms with van der Waals surface area (Å²) in [5.41, 5.74) is 1.30. The van der Waals surface area contributed by atoms with Gasteiger partial charge in [0.25, 0.3) is 0 Å². The third kappa shape index (κ3) is 2.40. The minimum atomic E-state index is -0.870. The molecule has 0 aromatic heterocycles. The number of hydrogen-bond acceptors (Lipinski definition) is 2. The number of carboxylic acids is 1. The predicted octanol–water partition coefficient (Wildman–Crippen LogP) is -0.449. The number of aliphatic carboxylic acids is 1. The summed E-state index contributed by atoms with van der Waals surface area (Å²) in [6.45, 7) is 0. The minimum absolute atomic E-state index is 0.0122. The first kappa shape index (κ1) is 8.81. The van der Waals surface area contributed by atoms with E-state index in [0.29, 0.717) is 11.0 Å². The Kier molecular flexibility index (Phi) is 2.88. The van der Waals surface area contributed by atoms with E-state index in [1.807, 2.05) is 0 Å². The summed E-state index contributed by atoms with van der Waals surface area (Å²) >= 11 is 0. The highest BCUT2D eigenvalue weighted by Gasteiger charge is 2.00. The van der Waals surface area contributed by atoms with Gasteiger partial charge in [-0.3, -0.25) is 4.79 Å². The van der Waals surface area contributed by atoms with Gasteiger partial charge in [0.15, 0.2) is 0 Å². The number of carboxylic acid groups (broad SMARTS) is 1. The lowest BCUT2D eigenvalue weighted by Gasteiger charge is -1.98. The molecule has 2 N–H and O–H groups in total. The third-order valence-electron chi connectivity index (χ3n) is 1.46. The second-order valence-corrected chi connectivity index (χ2v) is 2.44. The minimum Gasteiger partial charge on any atom is -0.481 e. The molecule has 4 heteroatoms. The Balaban J connectivity index is 2.79. The number of hydrogen-bond donors (Lipinski definition) is 2. The molecule has 0 saturated carbocycles. The van der Waals surface area contributed by atoms with Crippen molar-refractivity contribution >= 4 is 18.9 Å². The molecule has 12 heavy (non-hydrogen) atoms.